The lowest BCUT2D eigenvalue weighted by atomic mass is 9.71. The molecule has 130 valence electrons. The number of fused-ring (bicyclic) bond motifs is 1. The zero-order valence-corrected chi connectivity index (χ0v) is 15.3. The minimum absolute atomic E-state index is 0.0842. The highest BCUT2D eigenvalue weighted by atomic mass is 79.9. The van der Waals surface area contributed by atoms with Crippen LogP contribution in [0.4, 0.5) is 0 Å². The van der Waals surface area contributed by atoms with Crippen molar-refractivity contribution in [1.29, 1.82) is 0 Å². The summed E-state index contributed by atoms with van der Waals surface area (Å²) in [5, 5.41) is 0. The Morgan fingerprint density at radius 3 is 2.64 bits per heavy atom. The van der Waals surface area contributed by atoms with Gasteiger partial charge in [-0.3, -0.25) is 4.79 Å². The average Bonchev–Trinajstić information content (AvgIpc) is 3.03. The highest BCUT2D eigenvalue weighted by molar-refractivity contribution is 9.10. The van der Waals surface area contributed by atoms with Gasteiger partial charge in [0.25, 0.3) is 0 Å². The van der Waals surface area contributed by atoms with Gasteiger partial charge in [0.1, 0.15) is 17.8 Å². The van der Waals surface area contributed by atoms with Crippen LogP contribution < -0.4 is 10.5 Å². The average molecular weight is 404 g/mol. The third-order valence-electron chi connectivity index (χ3n) is 4.37. The van der Waals surface area contributed by atoms with Crippen LogP contribution in [0.1, 0.15) is 18.1 Å². The Hall–Kier alpha value is -2.18. The van der Waals surface area contributed by atoms with E-state index in [4.69, 9.17) is 15.2 Å². The third kappa shape index (κ3) is 2.85. The summed E-state index contributed by atoms with van der Waals surface area (Å²) in [6, 6.07) is 13.4. The van der Waals surface area contributed by atoms with Gasteiger partial charge in [-0.05, 0) is 34.5 Å². The fourth-order valence-electron chi connectivity index (χ4n) is 3.16. The van der Waals surface area contributed by atoms with Gasteiger partial charge >= 0.3 is 5.97 Å². The molecule has 5 nitrogen and oxygen atoms in total. The maximum absolute atomic E-state index is 13.3. The number of hydrogen-bond donors (Lipinski definition) is 1. The Morgan fingerprint density at radius 1 is 1.24 bits per heavy atom. The highest BCUT2D eigenvalue weighted by Crippen LogP contribution is 2.47. The molecule has 1 heterocycles. The number of carbonyl (C=O) groups is 2. The van der Waals surface area contributed by atoms with E-state index in [1.54, 1.807) is 6.92 Å². The van der Waals surface area contributed by atoms with E-state index >= 15 is 0 Å². The van der Waals surface area contributed by atoms with E-state index in [-0.39, 0.29) is 13.2 Å². The molecule has 0 aromatic heterocycles. The first-order valence-electron chi connectivity index (χ1n) is 7.96. The van der Waals surface area contributed by atoms with Gasteiger partial charge in [-0.2, -0.15) is 0 Å². The van der Waals surface area contributed by atoms with E-state index in [2.05, 4.69) is 15.9 Å². The molecule has 0 fully saturated rings. The SMILES string of the molecule is CCOC(=O)C(N)C(=O)C1(c2ccccc2)COc2c(Br)cccc21. The molecule has 0 saturated carbocycles. The van der Waals surface area contributed by atoms with Crippen LogP contribution in [0.2, 0.25) is 0 Å². The van der Waals surface area contributed by atoms with Crippen LogP contribution in [0.3, 0.4) is 0 Å². The maximum Gasteiger partial charge on any atom is 0.330 e. The molecule has 3 rings (SSSR count). The molecule has 0 saturated heterocycles. The molecule has 6 heteroatoms. The number of rotatable bonds is 5. The van der Waals surface area contributed by atoms with E-state index in [9.17, 15) is 9.59 Å². The summed E-state index contributed by atoms with van der Waals surface area (Å²) < 4.78 is 11.5. The zero-order valence-electron chi connectivity index (χ0n) is 13.7. The summed E-state index contributed by atoms with van der Waals surface area (Å²) in [6.45, 7) is 1.92. The van der Waals surface area contributed by atoms with Gasteiger partial charge in [-0.25, -0.2) is 4.79 Å². The van der Waals surface area contributed by atoms with E-state index in [1.807, 2.05) is 48.5 Å². The van der Waals surface area contributed by atoms with Crippen LogP contribution in [0.15, 0.2) is 53.0 Å². The Labute approximate surface area is 154 Å². The van der Waals surface area contributed by atoms with Crippen molar-refractivity contribution in [3.63, 3.8) is 0 Å². The number of esters is 1. The summed E-state index contributed by atoms with van der Waals surface area (Å²) in [4.78, 5) is 25.4. The van der Waals surface area contributed by atoms with Gasteiger partial charge in [-0.15, -0.1) is 0 Å². The van der Waals surface area contributed by atoms with Crippen molar-refractivity contribution in [3.8, 4) is 5.75 Å². The number of nitrogens with two attached hydrogens (primary N) is 1. The van der Waals surface area contributed by atoms with Crippen molar-refractivity contribution in [3.05, 3.63) is 64.1 Å². The second-order valence-corrected chi connectivity index (χ2v) is 6.62. The molecule has 0 aliphatic carbocycles. The summed E-state index contributed by atoms with van der Waals surface area (Å²) in [6.07, 6.45) is 0. The fourth-order valence-corrected chi connectivity index (χ4v) is 3.64. The normalized spacial score (nSPS) is 19.6. The van der Waals surface area contributed by atoms with Crippen molar-refractivity contribution >= 4 is 27.7 Å². The lowest BCUT2D eigenvalue weighted by molar-refractivity contribution is -0.148. The topological polar surface area (TPSA) is 78.6 Å². The fraction of sp³-hybridized carbons (Fsp3) is 0.263. The lowest BCUT2D eigenvalue weighted by Gasteiger charge is -2.29. The molecule has 2 atom stereocenters. The molecule has 0 amide bonds. The summed E-state index contributed by atoms with van der Waals surface area (Å²) in [5.41, 5.74) is 6.23. The molecular formula is C19H18BrNO4. The Kier molecular flexibility index (Phi) is 4.92. The molecule has 2 aromatic carbocycles. The highest BCUT2D eigenvalue weighted by Gasteiger charge is 2.52. The largest absolute Gasteiger partial charge is 0.490 e. The molecule has 2 unspecified atom stereocenters. The predicted octanol–water partition coefficient (Wildman–Crippen LogP) is 2.59. The predicted molar refractivity (Wildman–Crippen MR) is 96.5 cm³/mol. The molecule has 2 aromatic rings. The molecule has 2 N–H and O–H groups in total. The Morgan fingerprint density at radius 2 is 1.96 bits per heavy atom. The number of ketones is 1. The number of Topliss-reactive ketones (excluding diaryl/α,β-unsaturated/α-hetero) is 1. The van der Waals surface area contributed by atoms with Crippen LogP contribution in [0.5, 0.6) is 5.75 Å². The van der Waals surface area contributed by atoms with Crippen molar-refractivity contribution < 1.29 is 19.1 Å². The van der Waals surface area contributed by atoms with Crippen molar-refractivity contribution in [2.75, 3.05) is 13.2 Å². The number of ether oxygens (including phenoxy) is 2. The van der Waals surface area contributed by atoms with Crippen LogP contribution in [-0.4, -0.2) is 31.0 Å². The van der Waals surface area contributed by atoms with Gasteiger partial charge in [-0.1, -0.05) is 42.5 Å². The molecule has 1 aliphatic heterocycles. The number of para-hydroxylation sites is 1. The Bertz CT molecular complexity index is 808. The quantitative estimate of drug-likeness (QED) is 0.612. The standard InChI is InChI=1S/C19H18BrNO4/c1-2-24-18(23)15(21)17(22)19(12-7-4-3-5-8-12)11-25-16-13(19)9-6-10-14(16)20/h3-10,15H,2,11,21H2,1H3. The number of halogens is 1. The lowest BCUT2D eigenvalue weighted by Crippen LogP contribution is -2.52. The number of benzene rings is 2. The molecular weight excluding hydrogens is 386 g/mol. The minimum atomic E-state index is -1.38. The monoisotopic (exact) mass is 403 g/mol. The van der Waals surface area contributed by atoms with Gasteiger partial charge in [0.2, 0.25) is 0 Å². The first-order valence-corrected chi connectivity index (χ1v) is 8.75. The summed E-state index contributed by atoms with van der Waals surface area (Å²) in [5.74, 6) is -0.573. The first-order chi connectivity index (χ1) is 12.0. The maximum atomic E-state index is 13.3. The van der Waals surface area contributed by atoms with E-state index in [0.29, 0.717) is 11.3 Å². The van der Waals surface area contributed by atoms with Crippen molar-refractivity contribution in [1.82, 2.24) is 0 Å². The summed E-state index contributed by atoms with van der Waals surface area (Å²) in [7, 11) is 0. The first kappa shape index (κ1) is 17.6. The second kappa shape index (κ2) is 6.98. The smallest absolute Gasteiger partial charge is 0.330 e. The molecule has 0 bridgehead atoms. The molecule has 1 aliphatic rings. The van der Waals surface area contributed by atoms with Crippen LogP contribution in [0.25, 0.3) is 0 Å². The zero-order chi connectivity index (χ0) is 18.0. The van der Waals surface area contributed by atoms with Gasteiger partial charge < -0.3 is 15.2 Å². The van der Waals surface area contributed by atoms with Gasteiger partial charge in [0.05, 0.1) is 11.1 Å². The number of carbonyl (C=O) groups excluding carboxylic acids is 2. The third-order valence-corrected chi connectivity index (χ3v) is 4.99. The van der Waals surface area contributed by atoms with E-state index in [0.717, 1.165) is 10.0 Å². The van der Waals surface area contributed by atoms with Gasteiger partial charge in [0, 0.05) is 5.56 Å². The Balaban J connectivity index is 2.16. The van der Waals surface area contributed by atoms with Crippen LogP contribution >= 0.6 is 15.9 Å². The number of hydrogen-bond acceptors (Lipinski definition) is 5. The van der Waals surface area contributed by atoms with Crippen molar-refractivity contribution in [2.24, 2.45) is 5.73 Å². The molecule has 0 spiro atoms. The summed E-state index contributed by atoms with van der Waals surface area (Å²) >= 11 is 3.45. The van der Waals surface area contributed by atoms with E-state index < -0.39 is 23.2 Å². The van der Waals surface area contributed by atoms with E-state index in [1.165, 1.54) is 0 Å². The van der Waals surface area contributed by atoms with Crippen LogP contribution in [0, 0.1) is 0 Å². The minimum Gasteiger partial charge on any atom is -0.490 e. The van der Waals surface area contributed by atoms with Crippen LogP contribution in [-0.2, 0) is 19.7 Å². The van der Waals surface area contributed by atoms with Gasteiger partial charge in [0.15, 0.2) is 11.8 Å². The second-order valence-electron chi connectivity index (χ2n) is 5.77. The molecule has 0 radical (unpaired) electrons. The van der Waals surface area contributed by atoms with Crippen molar-refractivity contribution in [2.45, 2.75) is 18.4 Å². The molecule has 25 heavy (non-hydrogen) atoms.